The first kappa shape index (κ1) is 16.7. The van der Waals surface area contributed by atoms with E-state index in [1.54, 1.807) is 30.3 Å². The molecule has 3 aromatic rings. The van der Waals surface area contributed by atoms with Gasteiger partial charge in [-0.2, -0.15) is 0 Å². The number of carbonyl (C=O) groups is 1. The molecule has 23 heavy (non-hydrogen) atoms. The molecule has 120 valence electrons. The molecule has 0 aliphatic carbocycles. The van der Waals surface area contributed by atoms with Crippen LogP contribution in [0.5, 0.6) is 0 Å². The number of aromatic nitrogens is 1. The Balaban J connectivity index is 0.000000924. The van der Waals surface area contributed by atoms with Crippen LogP contribution in [-0.2, 0) is 0 Å². The summed E-state index contributed by atoms with van der Waals surface area (Å²) in [5.41, 5.74) is 9.24. The number of nitrogens with zero attached hydrogens (tertiary/aromatic N) is 1. The third-order valence-electron chi connectivity index (χ3n) is 3.35. The van der Waals surface area contributed by atoms with Gasteiger partial charge in [0.25, 0.3) is 0 Å². The van der Waals surface area contributed by atoms with Gasteiger partial charge in [-0.1, -0.05) is 27.7 Å². The summed E-state index contributed by atoms with van der Waals surface area (Å²) in [6.45, 7) is 7.77. The first-order chi connectivity index (χ1) is 11.0. The lowest BCUT2D eigenvalue weighted by molar-refractivity contribution is 0.0939. The number of hydrogen-bond donors (Lipinski definition) is 1. The Morgan fingerprint density at radius 1 is 1.09 bits per heavy atom. The van der Waals surface area contributed by atoms with Crippen LogP contribution >= 0.6 is 0 Å². The zero-order valence-corrected chi connectivity index (χ0v) is 14.0. The van der Waals surface area contributed by atoms with Crippen LogP contribution in [0.25, 0.3) is 22.6 Å². The second kappa shape index (κ2) is 7.09. The van der Waals surface area contributed by atoms with E-state index >= 15 is 0 Å². The maximum absolute atomic E-state index is 12.0. The minimum Gasteiger partial charge on any atom is -0.436 e. The third-order valence-corrected chi connectivity index (χ3v) is 3.35. The number of carbonyl (C=O) groups excluding carboxylic acids is 1. The Morgan fingerprint density at radius 2 is 1.74 bits per heavy atom. The summed E-state index contributed by atoms with van der Waals surface area (Å²) in [6.07, 6.45) is 0. The molecule has 0 saturated heterocycles. The standard InChI is InChI=1S/C17H16N2O2.C2H6/c1-10(2)16(20)12-5-8-15-14(9-12)19-17(21-15)11-3-6-13(18)7-4-11;1-2/h3-10H,18H2,1-2H3;1-2H3. The van der Waals surface area contributed by atoms with Crippen molar-refractivity contribution in [2.24, 2.45) is 5.92 Å². The van der Waals surface area contributed by atoms with E-state index in [0.29, 0.717) is 28.2 Å². The SMILES string of the molecule is CC.CC(C)C(=O)c1ccc2oc(-c3ccc(N)cc3)nc2c1. The number of nitrogens with two attached hydrogens (primary N) is 1. The minimum absolute atomic E-state index is 0.0362. The van der Waals surface area contributed by atoms with E-state index in [2.05, 4.69) is 4.98 Å². The van der Waals surface area contributed by atoms with Crippen molar-refractivity contribution in [2.75, 3.05) is 5.73 Å². The van der Waals surface area contributed by atoms with Crippen molar-refractivity contribution in [1.82, 2.24) is 4.98 Å². The molecule has 0 fully saturated rings. The Bertz CT molecular complexity index is 802. The lowest BCUT2D eigenvalue weighted by atomic mass is 10.0. The normalized spacial score (nSPS) is 10.5. The molecule has 4 nitrogen and oxygen atoms in total. The monoisotopic (exact) mass is 310 g/mol. The molecule has 0 amide bonds. The molecule has 1 heterocycles. The van der Waals surface area contributed by atoms with Crippen LogP contribution in [0.4, 0.5) is 5.69 Å². The highest BCUT2D eigenvalue weighted by atomic mass is 16.3. The van der Waals surface area contributed by atoms with Crippen molar-refractivity contribution < 1.29 is 9.21 Å². The average Bonchev–Trinajstić information content (AvgIpc) is 2.99. The van der Waals surface area contributed by atoms with Gasteiger partial charge in [0.2, 0.25) is 5.89 Å². The van der Waals surface area contributed by atoms with Crippen molar-refractivity contribution in [2.45, 2.75) is 27.7 Å². The van der Waals surface area contributed by atoms with E-state index < -0.39 is 0 Å². The molecule has 0 atom stereocenters. The van der Waals surface area contributed by atoms with Crippen molar-refractivity contribution in [3.8, 4) is 11.5 Å². The van der Waals surface area contributed by atoms with E-state index in [9.17, 15) is 4.79 Å². The second-order valence-corrected chi connectivity index (χ2v) is 5.34. The average molecular weight is 310 g/mol. The molecule has 0 saturated carbocycles. The van der Waals surface area contributed by atoms with Crippen molar-refractivity contribution in [3.63, 3.8) is 0 Å². The van der Waals surface area contributed by atoms with Crippen LogP contribution in [0.1, 0.15) is 38.1 Å². The Morgan fingerprint density at radius 3 is 2.35 bits per heavy atom. The fourth-order valence-corrected chi connectivity index (χ4v) is 2.16. The molecule has 0 spiro atoms. The summed E-state index contributed by atoms with van der Waals surface area (Å²) >= 11 is 0. The highest BCUT2D eigenvalue weighted by Crippen LogP contribution is 2.26. The van der Waals surface area contributed by atoms with Gasteiger partial charge < -0.3 is 10.2 Å². The molecule has 3 rings (SSSR count). The number of benzene rings is 2. The quantitative estimate of drug-likeness (QED) is 0.549. The number of Topliss-reactive ketones (excluding diaryl/α,β-unsaturated/α-hetero) is 1. The first-order valence-corrected chi connectivity index (χ1v) is 7.85. The number of rotatable bonds is 3. The lowest BCUT2D eigenvalue weighted by Crippen LogP contribution is -2.06. The first-order valence-electron chi connectivity index (χ1n) is 7.85. The highest BCUT2D eigenvalue weighted by molar-refractivity contribution is 5.99. The summed E-state index contributed by atoms with van der Waals surface area (Å²) in [5.74, 6) is 0.596. The molecule has 0 unspecified atom stereocenters. The number of nitrogen functional groups attached to an aromatic ring is 1. The Hall–Kier alpha value is -2.62. The fourth-order valence-electron chi connectivity index (χ4n) is 2.16. The minimum atomic E-state index is -0.0362. The summed E-state index contributed by atoms with van der Waals surface area (Å²) in [5, 5.41) is 0. The van der Waals surface area contributed by atoms with Gasteiger partial charge in [-0.25, -0.2) is 4.98 Å². The van der Waals surface area contributed by atoms with Gasteiger partial charge >= 0.3 is 0 Å². The Kier molecular flexibility index (Phi) is 5.16. The third kappa shape index (κ3) is 3.59. The largest absolute Gasteiger partial charge is 0.436 e. The number of oxazole rings is 1. The molecule has 1 aromatic heterocycles. The van der Waals surface area contributed by atoms with E-state index in [4.69, 9.17) is 10.2 Å². The number of ketones is 1. The summed E-state index contributed by atoms with van der Waals surface area (Å²) in [4.78, 5) is 16.5. The predicted molar refractivity (Wildman–Crippen MR) is 94.4 cm³/mol. The lowest BCUT2D eigenvalue weighted by Gasteiger charge is -2.02. The van der Waals surface area contributed by atoms with Crippen LogP contribution in [0.2, 0.25) is 0 Å². The summed E-state index contributed by atoms with van der Waals surface area (Å²) in [7, 11) is 0. The van der Waals surface area contributed by atoms with Gasteiger partial charge in [0.05, 0.1) is 0 Å². The van der Waals surface area contributed by atoms with E-state index in [1.165, 1.54) is 0 Å². The van der Waals surface area contributed by atoms with Gasteiger partial charge in [0.1, 0.15) is 5.52 Å². The molecule has 0 aliphatic rings. The molecule has 0 bridgehead atoms. The Labute approximate surface area is 136 Å². The maximum atomic E-state index is 12.0. The van der Waals surface area contributed by atoms with Crippen LogP contribution in [0.15, 0.2) is 46.9 Å². The molecule has 4 heteroatoms. The zero-order valence-electron chi connectivity index (χ0n) is 14.0. The maximum Gasteiger partial charge on any atom is 0.227 e. The smallest absolute Gasteiger partial charge is 0.227 e. The van der Waals surface area contributed by atoms with Gasteiger partial charge in [-0.3, -0.25) is 4.79 Å². The predicted octanol–water partition coefficient (Wildman–Crippen LogP) is 4.94. The van der Waals surface area contributed by atoms with Gasteiger partial charge in [0, 0.05) is 22.7 Å². The number of fused-ring (bicyclic) bond motifs is 1. The molecule has 0 radical (unpaired) electrons. The van der Waals surface area contributed by atoms with Crippen LogP contribution < -0.4 is 5.73 Å². The summed E-state index contributed by atoms with van der Waals surface area (Å²) in [6, 6.07) is 12.7. The van der Waals surface area contributed by atoms with E-state index in [0.717, 1.165) is 5.56 Å². The van der Waals surface area contributed by atoms with Crippen molar-refractivity contribution in [1.29, 1.82) is 0 Å². The second-order valence-electron chi connectivity index (χ2n) is 5.34. The summed E-state index contributed by atoms with van der Waals surface area (Å²) < 4.78 is 5.73. The van der Waals surface area contributed by atoms with Crippen LogP contribution in [0.3, 0.4) is 0 Å². The van der Waals surface area contributed by atoms with Gasteiger partial charge in [-0.15, -0.1) is 0 Å². The topological polar surface area (TPSA) is 69.1 Å². The zero-order chi connectivity index (χ0) is 17.0. The molecular formula is C19H22N2O2. The van der Waals surface area contributed by atoms with Gasteiger partial charge in [-0.05, 0) is 42.5 Å². The highest BCUT2D eigenvalue weighted by Gasteiger charge is 2.14. The number of hydrogen-bond acceptors (Lipinski definition) is 4. The number of anilines is 1. The van der Waals surface area contributed by atoms with E-state index in [1.807, 2.05) is 39.8 Å². The fraction of sp³-hybridized carbons (Fsp3) is 0.263. The van der Waals surface area contributed by atoms with Crippen LogP contribution in [-0.4, -0.2) is 10.8 Å². The van der Waals surface area contributed by atoms with Crippen molar-refractivity contribution >= 4 is 22.6 Å². The molecule has 2 N–H and O–H groups in total. The van der Waals surface area contributed by atoms with E-state index in [-0.39, 0.29) is 11.7 Å². The van der Waals surface area contributed by atoms with Gasteiger partial charge in [0.15, 0.2) is 11.4 Å². The molecular weight excluding hydrogens is 288 g/mol. The molecule has 0 aliphatic heterocycles. The molecule has 2 aromatic carbocycles. The van der Waals surface area contributed by atoms with Crippen LogP contribution in [0, 0.1) is 5.92 Å². The van der Waals surface area contributed by atoms with Crippen molar-refractivity contribution in [3.05, 3.63) is 48.0 Å².